The van der Waals surface area contributed by atoms with Gasteiger partial charge < -0.3 is 38.9 Å². The molecule has 0 radical (unpaired) electrons. The van der Waals surface area contributed by atoms with E-state index in [1.165, 1.54) is 76.2 Å². The Balaban J connectivity index is 0.000000179. The maximum Gasteiger partial charge on any atom is 2.00 e. The summed E-state index contributed by atoms with van der Waals surface area (Å²) in [5.74, 6) is 0. The molecular formula is C110H92N8Pt2Si2. The zero-order valence-corrected chi connectivity index (χ0v) is 77.1. The smallest absolute Gasteiger partial charge is 0.346 e. The van der Waals surface area contributed by atoms with Crippen molar-refractivity contribution in [1.82, 2.24) is 29.1 Å². The molecule has 6 aromatic heterocycles. The molecule has 6 heterocycles. The number of para-hydroxylation sites is 4. The summed E-state index contributed by atoms with van der Waals surface area (Å²) < 4.78 is 4.79. The number of fused-ring (bicyclic) bond motifs is 6. The van der Waals surface area contributed by atoms with Crippen molar-refractivity contribution in [2.75, 3.05) is 9.80 Å². The van der Waals surface area contributed by atoms with E-state index >= 15 is 0 Å². The van der Waals surface area contributed by atoms with Crippen LogP contribution in [0.25, 0.3) is 133 Å². The van der Waals surface area contributed by atoms with E-state index in [2.05, 4.69) is 446 Å². The molecule has 0 N–H and O–H groups in total. The van der Waals surface area contributed by atoms with E-state index < -0.39 is 16.1 Å². The molecule has 0 bridgehead atoms. The van der Waals surface area contributed by atoms with Gasteiger partial charge in [0.2, 0.25) is 0 Å². The van der Waals surface area contributed by atoms with Gasteiger partial charge in [-0.3, -0.25) is 0 Å². The van der Waals surface area contributed by atoms with Crippen molar-refractivity contribution in [3.63, 3.8) is 0 Å². The van der Waals surface area contributed by atoms with E-state index in [-0.39, 0.29) is 42.1 Å². The number of pyridine rings is 4. The number of hydrogen-bond donors (Lipinski definition) is 0. The minimum absolute atomic E-state index is 0. The molecule has 0 spiro atoms. The maximum atomic E-state index is 5.13. The average Bonchev–Trinajstić information content (AvgIpc) is 1.59. The number of aryl methyl sites for hydroxylation is 6. The van der Waals surface area contributed by atoms with Gasteiger partial charge in [0.05, 0.1) is 38.2 Å². The number of nitrogens with zero attached hydrogens (tertiary/aromatic N) is 8. The Morgan fingerprint density at radius 1 is 0.270 bits per heavy atom. The second-order valence-corrected chi connectivity index (χ2v) is 43.6. The van der Waals surface area contributed by atoms with Gasteiger partial charge in [-0.15, -0.1) is 119 Å². The van der Waals surface area contributed by atoms with Gasteiger partial charge in [0.25, 0.3) is 0 Å². The molecule has 0 saturated carbocycles. The number of aromatic nitrogens is 6. The summed E-state index contributed by atoms with van der Waals surface area (Å²) in [5.41, 5.74) is 34.0. The van der Waals surface area contributed by atoms with Crippen molar-refractivity contribution in [2.45, 2.75) is 80.8 Å². The van der Waals surface area contributed by atoms with Crippen LogP contribution in [0, 0.1) is 65.8 Å². The molecule has 19 aromatic rings. The molecule has 0 atom stereocenters. The number of benzene rings is 13. The molecule has 600 valence electrons. The predicted octanol–water partition coefficient (Wildman–Crippen LogP) is 27.9. The average molecular weight is 1970 g/mol. The van der Waals surface area contributed by atoms with Crippen LogP contribution in [0.3, 0.4) is 0 Å². The number of hydrogen-bond acceptors (Lipinski definition) is 6. The molecule has 0 aliphatic carbocycles. The zero-order valence-electron chi connectivity index (χ0n) is 70.5. The van der Waals surface area contributed by atoms with E-state index in [1.807, 2.05) is 18.6 Å². The zero-order chi connectivity index (χ0) is 82.5. The van der Waals surface area contributed by atoms with E-state index in [0.29, 0.717) is 0 Å². The van der Waals surface area contributed by atoms with Crippen LogP contribution in [-0.4, -0.2) is 45.2 Å². The normalized spacial score (nSPS) is 11.5. The van der Waals surface area contributed by atoms with Gasteiger partial charge in [-0.2, -0.15) is 0 Å². The topological polar surface area (TPSA) is 67.9 Å². The van der Waals surface area contributed by atoms with Crippen LogP contribution in [0.15, 0.2) is 340 Å². The molecule has 0 fully saturated rings. The van der Waals surface area contributed by atoms with Crippen molar-refractivity contribution in [1.29, 1.82) is 0 Å². The summed E-state index contributed by atoms with van der Waals surface area (Å²) in [5, 5.41) is 7.70. The molecular weight excluding hydrogens is 1880 g/mol. The molecule has 0 saturated heterocycles. The van der Waals surface area contributed by atoms with Crippen molar-refractivity contribution in [3.8, 4) is 89.8 Å². The molecule has 0 aliphatic heterocycles. The van der Waals surface area contributed by atoms with Gasteiger partial charge >= 0.3 is 42.1 Å². The summed E-state index contributed by atoms with van der Waals surface area (Å²) in [6, 6.07) is 128. The summed E-state index contributed by atoms with van der Waals surface area (Å²) in [7, 11) is -3.28. The first-order valence-electron chi connectivity index (χ1n) is 41.2. The first kappa shape index (κ1) is 83.1. The van der Waals surface area contributed by atoms with Gasteiger partial charge in [-0.25, -0.2) is 0 Å². The molecule has 13 aromatic carbocycles. The quantitative estimate of drug-likeness (QED) is 0.0668. The van der Waals surface area contributed by atoms with Gasteiger partial charge in [0.1, 0.15) is 0 Å². The van der Waals surface area contributed by atoms with Gasteiger partial charge in [-0.1, -0.05) is 233 Å². The minimum atomic E-state index is -1.72. The Hall–Kier alpha value is -12.5. The molecule has 19 rings (SSSR count). The van der Waals surface area contributed by atoms with Crippen LogP contribution in [0.2, 0.25) is 39.3 Å². The van der Waals surface area contributed by atoms with Crippen molar-refractivity contribution >= 4 is 104 Å². The Bertz CT molecular complexity index is 6950. The standard InChI is InChI=1S/C58H48N4Si.C52H44N4Si.2Pt/c1-39-31-48(62-55-29-15-13-27-49(55)50-28-14-16-30-56(50)62)32-40(2)58(39)61(46-25-17-23-44(33-46)53-35-51(41(3)37-59-53)42-19-9-7-10-20-42)47-26-18-24-45(34-47)54-36-52(43-21-11-8-12-22-43)57(38-60-54)63(4,5)6;1-35-28-43(56-50-24-12-10-22-45(50)46-23-11-13-25-51(46)56)29-36(2)52(35)55(41-20-14-18-39(30-41)48-32-44(26-27-53-48)57(4,5)6)42-21-15-19-40(31-42)49-33-47(37(3)34-54-49)38-16-8-7-9-17-38;;/h7-32,35-38H,1-6H3;7-29,32-34H,1-6H3;;/q2*-2;2*+2. The van der Waals surface area contributed by atoms with Crippen LogP contribution in [0.1, 0.15) is 33.4 Å². The van der Waals surface area contributed by atoms with Crippen molar-refractivity contribution in [2.24, 2.45) is 0 Å². The summed E-state index contributed by atoms with van der Waals surface area (Å²) >= 11 is 0. The van der Waals surface area contributed by atoms with Crippen LogP contribution in [0.4, 0.5) is 34.1 Å². The minimum Gasteiger partial charge on any atom is -0.346 e. The Morgan fingerprint density at radius 2 is 0.566 bits per heavy atom. The maximum absolute atomic E-state index is 5.13. The molecule has 0 amide bonds. The first-order valence-corrected chi connectivity index (χ1v) is 48.2. The molecule has 8 nitrogen and oxygen atoms in total. The fraction of sp³-hybridized carbons (Fsp3) is 0.109. The van der Waals surface area contributed by atoms with Crippen LogP contribution >= 0.6 is 0 Å². The van der Waals surface area contributed by atoms with Crippen molar-refractivity contribution < 1.29 is 42.1 Å². The fourth-order valence-electron chi connectivity index (χ4n) is 17.2. The second-order valence-electron chi connectivity index (χ2n) is 33.5. The third kappa shape index (κ3) is 16.4. The van der Waals surface area contributed by atoms with E-state index in [0.717, 1.165) is 135 Å². The summed E-state index contributed by atoms with van der Waals surface area (Å²) in [6.45, 7) is 27.4. The van der Waals surface area contributed by atoms with Crippen LogP contribution in [0.5, 0.6) is 0 Å². The monoisotopic (exact) mass is 1970 g/mol. The largest absolute Gasteiger partial charge is 2.00 e. The number of rotatable bonds is 17. The Morgan fingerprint density at radius 3 is 0.893 bits per heavy atom. The van der Waals surface area contributed by atoms with E-state index in [9.17, 15) is 0 Å². The molecule has 0 aliphatic rings. The van der Waals surface area contributed by atoms with E-state index in [4.69, 9.17) is 19.9 Å². The van der Waals surface area contributed by atoms with Crippen molar-refractivity contribution in [3.05, 3.63) is 398 Å². The molecule has 12 heteroatoms. The third-order valence-electron chi connectivity index (χ3n) is 23.1. The second kappa shape index (κ2) is 34.9. The third-order valence-corrected chi connectivity index (χ3v) is 27.1. The van der Waals surface area contributed by atoms with Gasteiger partial charge in [-0.05, 0) is 214 Å². The van der Waals surface area contributed by atoms with Crippen LogP contribution < -0.4 is 20.2 Å². The van der Waals surface area contributed by atoms with E-state index in [1.54, 1.807) is 0 Å². The number of anilines is 6. The van der Waals surface area contributed by atoms with Gasteiger partial charge in [0.15, 0.2) is 0 Å². The Kier molecular flexibility index (Phi) is 23.8. The van der Waals surface area contributed by atoms with Crippen LogP contribution in [-0.2, 0) is 42.1 Å². The SMILES string of the molecule is Cc1cnc(-c2[c-]c(N(c3[c-]c(-c4cc(-c5ccccc5)c([Si](C)(C)C)cn4)ccc3)c3c(C)cc(-n4c5ccccc5c5ccccc54)cc3C)ccc2)cc1-c1ccccc1.Cc1cnc(-c2[c-]c(N(c3[c-]c(-c4cc([Si](C)(C)C)ccn4)ccc3)c3c(C)cc(-n4c5ccccc5c5ccccc54)cc3C)ccc2)cc1-c1ccccc1.[Pt+2].[Pt+2]. The predicted molar refractivity (Wildman–Crippen MR) is 510 cm³/mol. The Labute approximate surface area is 747 Å². The molecule has 0 unspecified atom stereocenters. The summed E-state index contributed by atoms with van der Waals surface area (Å²) in [6.07, 6.45) is 7.99. The first-order chi connectivity index (χ1) is 58.3. The van der Waals surface area contributed by atoms with Gasteiger partial charge in [0, 0.05) is 69.1 Å². The summed E-state index contributed by atoms with van der Waals surface area (Å²) in [4.78, 5) is 24.5. The molecule has 122 heavy (non-hydrogen) atoms. The fourth-order valence-corrected chi connectivity index (χ4v) is 19.8.